The first-order valence-electron chi connectivity index (χ1n) is 17.8. The summed E-state index contributed by atoms with van der Waals surface area (Å²) in [7, 11) is 0. The molecule has 1 aliphatic rings. The number of hydrogen-bond acceptors (Lipinski definition) is 4. The number of furan rings is 1. The van der Waals surface area contributed by atoms with Crippen LogP contribution in [0.3, 0.4) is 0 Å². The van der Waals surface area contributed by atoms with Crippen LogP contribution >= 0.6 is 0 Å². The molecular weight excluding hydrogens is 635 g/mol. The van der Waals surface area contributed by atoms with Crippen LogP contribution < -0.4 is 0 Å². The summed E-state index contributed by atoms with van der Waals surface area (Å²) in [5.74, 6) is 0.652. The predicted octanol–water partition coefficient (Wildman–Crippen LogP) is 12.6. The van der Waals surface area contributed by atoms with E-state index in [2.05, 4.69) is 153 Å². The minimum Gasteiger partial charge on any atom is -0.456 e. The largest absolute Gasteiger partial charge is 0.456 e. The molecule has 10 aromatic rings. The molecule has 0 unspecified atom stereocenters. The number of rotatable bonds is 2. The maximum absolute atomic E-state index is 6.45. The van der Waals surface area contributed by atoms with Gasteiger partial charge in [-0.05, 0) is 85.3 Å². The van der Waals surface area contributed by atoms with E-state index >= 15 is 0 Å². The van der Waals surface area contributed by atoms with Crippen molar-refractivity contribution < 1.29 is 4.42 Å². The van der Waals surface area contributed by atoms with Gasteiger partial charge in [-0.15, -0.1) is 0 Å². The van der Waals surface area contributed by atoms with Crippen molar-refractivity contribution in [2.45, 2.75) is 19.3 Å². The zero-order valence-corrected chi connectivity index (χ0v) is 28.7. The van der Waals surface area contributed by atoms with E-state index in [1.807, 2.05) is 12.1 Å². The molecule has 6 bridgehead atoms. The molecule has 244 valence electrons. The smallest absolute Gasteiger partial charge is 0.164 e. The Bertz CT molecular complexity index is 3160. The fourth-order valence-corrected chi connectivity index (χ4v) is 8.52. The number of nitrogens with zero attached hydrogens (tertiary/aromatic N) is 3. The molecule has 52 heavy (non-hydrogen) atoms. The van der Waals surface area contributed by atoms with Crippen LogP contribution in [0.2, 0.25) is 0 Å². The topological polar surface area (TPSA) is 51.8 Å². The second kappa shape index (κ2) is 10.7. The molecule has 4 heteroatoms. The predicted molar refractivity (Wildman–Crippen MR) is 214 cm³/mol. The average Bonchev–Trinajstić information content (AvgIpc) is 3.69. The fraction of sp³-hybridized carbons (Fsp3) is 0.0625. The molecule has 3 aromatic heterocycles. The Morgan fingerprint density at radius 1 is 0.442 bits per heavy atom. The molecule has 0 saturated carbocycles. The molecule has 0 aliphatic heterocycles. The summed E-state index contributed by atoms with van der Waals surface area (Å²) in [5, 5.41) is 8.46. The first-order chi connectivity index (χ1) is 25.5. The Labute approximate surface area is 299 Å². The van der Waals surface area contributed by atoms with Crippen molar-refractivity contribution >= 4 is 65.6 Å². The molecule has 1 aliphatic carbocycles. The number of fused-ring (bicyclic) bond motifs is 13. The highest BCUT2D eigenvalue weighted by Crippen LogP contribution is 2.52. The Balaban J connectivity index is 1.27. The van der Waals surface area contributed by atoms with Crippen LogP contribution in [0.4, 0.5) is 0 Å². The van der Waals surface area contributed by atoms with Gasteiger partial charge in [0, 0.05) is 32.5 Å². The van der Waals surface area contributed by atoms with E-state index in [1.165, 1.54) is 33.4 Å². The third-order valence-corrected chi connectivity index (χ3v) is 11.1. The lowest BCUT2D eigenvalue weighted by Crippen LogP contribution is -2.15. The highest BCUT2D eigenvalue weighted by atomic mass is 16.3. The van der Waals surface area contributed by atoms with Gasteiger partial charge >= 0.3 is 0 Å². The zero-order chi connectivity index (χ0) is 34.6. The molecular formula is C48H31N3O. The summed E-state index contributed by atoms with van der Waals surface area (Å²) >= 11 is 0. The zero-order valence-electron chi connectivity index (χ0n) is 28.7. The van der Waals surface area contributed by atoms with Crippen LogP contribution in [0.15, 0.2) is 156 Å². The molecule has 0 spiro atoms. The van der Waals surface area contributed by atoms with E-state index in [-0.39, 0.29) is 5.41 Å². The van der Waals surface area contributed by atoms with E-state index in [4.69, 9.17) is 19.4 Å². The second-order valence-electron chi connectivity index (χ2n) is 14.4. The Morgan fingerprint density at radius 3 is 2.04 bits per heavy atom. The SMILES string of the molecule is CC1(C)c2cc(-c3ccccc3)ccc2-c2c(-c3nc4nc(n3)c3cccc5oc6ccc(cc6c53)c3ccccc3c3cccc4c3)cccc21. The molecule has 0 radical (unpaired) electrons. The van der Waals surface area contributed by atoms with Gasteiger partial charge in [-0.3, -0.25) is 0 Å². The summed E-state index contributed by atoms with van der Waals surface area (Å²) in [6.07, 6.45) is 0. The lowest BCUT2D eigenvalue weighted by Gasteiger charge is -2.22. The Morgan fingerprint density at radius 2 is 1.17 bits per heavy atom. The van der Waals surface area contributed by atoms with Crippen molar-refractivity contribution in [2.75, 3.05) is 0 Å². The molecule has 0 fully saturated rings. The lowest BCUT2D eigenvalue weighted by molar-refractivity contribution is 0.660. The molecule has 0 amide bonds. The fourth-order valence-electron chi connectivity index (χ4n) is 8.52. The van der Waals surface area contributed by atoms with Crippen LogP contribution in [0, 0.1) is 0 Å². The number of aromatic nitrogens is 3. The first kappa shape index (κ1) is 29.1. The quantitative estimate of drug-likeness (QED) is 0.184. The lowest BCUT2D eigenvalue weighted by atomic mass is 9.81. The molecule has 0 N–H and O–H groups in total. The van der Waals surface area contributed by atoms with Gasteiger partial charge < -0.3 is 4.42 Å². The monoisotopic (exact) mass is 665 g/mol. The minimum atomic E-state index is -0.208. The highest BCUT2D eigenvalue weighted by molar-refractivity contribution is 6.19. The maximum atomic E-state index is 6.45. The summed E-state index contributed by atoms with van der Waals surface area (Å²) < 4.78 is 6.45. The van der Waals surface area contributed by atoms with E-state index in [9.17, 15) is 0 Å². The van der Waals surface area contributed by atoms with Crippen LogP contribution in [0.25, 0.3) is 99.2 Å². The van der Waals surface area contributed by atoms with Crippen molar-refractivity contribution in [3.05, 3.63) is 163 Å². The number of benzene rings is 7. The van der Waals surface area contributed by atoms with Crippen LogP contribution in [-0.2, 0) is 5.41 Å². The third-order valence-electron chi connectivity index (χ3n) is 11.1. The highest BCUT2D eigenvalue weighted by Gasteiger charge is 2.37. The van der Waals surface area contributed by atoms with Crippen molar-refractivity contribution in [3.8, 4) is 33.6 Å². The van der Waals surface area contributed by atoms with Gasteiger partial charge in [-0.1, -0.05) is 135 Å². The average molecular weight is 666 g/mol. The van der Waals surface area contributed by atoms with Crippen molar-refractivity contribution in [1.29, 1.82) is 0 Å². The van der Waals surface area contributed by atoms with Gasteiger partial charge in [-0.25, -0.2) is 15.0 Å². The maximum Gasteiger partial charge on any atom is 0.164 e. The second-order valence-corrected chi connectivity index (χ2v) is 14.4. The Hall–Kier alpha value is -6.65. The number of hydrogen-bond donors (Lipinski definition) is 0. The van der Waals surface area contributed by atoms with Gasteiger partial charge in [0.05, 0.1) is 0 Å². The van der Waals surface area contributed by atoms with Crippen molar-refractivity contribution in [1.82, 2.24) is 15.0 Å². The van der Waals surface area contributed by atoms with Gasteiger partial charge in [0.15, 0.2) is 17.1 Å². The van der Waals surface area contributed by atoms with E-state index in [0.29, 0.717) is 17.1 Å². The first-order valence-corrected chi connectivity index (χ1v) is 17.8. The van der Waals surface area contributed by atoms with Crippen molar-refractivity contribution in [2.24, 2.45) is 0 Å². The molecule has 3 heterocycles. The van der Waals surface area contributed by atoms with Crippen LogP contribution in [0.5, 0.6) is 0 Å². The van der Waals surface area contributed by atoms with Gasteiger partial charge in [0.1, 0.15) is 11.2 Å². The summed E-state index contributed by atoms with van der Waals surface area (Å²) in [6, 6.07) is 53.9. The van der Waals surface area contributed by atoms with E-state index in [0.717, 1.165) is 59.8 Å². The summed E-state index contributed by atoms with van der Waals surface area (Å²) in [5.41, 5.74) is 11.1. The van der Waals surface area contributed by atoms with Crippen molar-refractivity contribution in [3.63, 3.8) is 0 Å². The molecule has 0 saturated heterocycles. The van der Waals surface area contributed by atoms with E-state index in [1.54, 1.807) is 0 Å². The molecule has 0 atom stereocenters. The minimum absolute atomic E-state index is 0.208. The van der Waals surface area contributed by atoms with Crippen LogP contribution in [0.1, 0.15) is 25.0 Å². The molecule has 11 rings (SSSR count). The summed E-state index contributed by atoms with van der Waals surface area (Å²) in [4.78, 5) is 15.9. The summed E-state index contributed by atoms with van der Waals surface area (Å²) in [6.45, 7) is 4.65. The molecule has 4 nitrogen and oxygen atoms in total. The van der Waals surface area contributed by atoms with Crippen LogP contribution in [-0.4, -0.2) is 15.0 Å². The Kier molecular flexibility index (Phi) is 5.98. The van der Waals surface area contributed by atoms with Gasteiger partial charge in [0.25, 0.3) is 0 Å². The van der Waals surface area contributed by atoms with E-state index < -0.39 is 0 Å². The van der Waals surface area contributed by atoms with Gasteiger partial charge in [-0.2, -0.15) is 0 Å². The standard InChI is InChI=1S/C48H31N3O/c1-48(2)39-19-9-17-36(43(39)35-23-21-29(27-40(35)48)28-11-4-3-5-12-28)46-49-45-32-14-8-13-30(25-32)33-15-6-7-16-34(33)31-22-24-41-38(26-31)44-37(47(50-45)51-46)18-10-20-42(44)52-41/h3-27H,1-2H3. The molecule has 7 aromatic carbocycles. The third kappa shape index (κ3) is 4.18. The normalized spacial score (nSPS) is 13.3. The van der Waals surface area contributed by atoms with Gasteiger partial charge in [0.2, 0.25) is 0 Å².